The maximum absolute atomic E-state index is 12.3. The van der Waals surface area contributed by atoms with E-state index in [1.807, 2.05) is 36.1 Å². The minimum atomic E-state index is -0.516. The van der Waals surface area contributed by atoms with E-state index in [0.717, 1.165) is 18.4 Å². The van der Waals surface area contributed by atoms with Gasteiger partial charge >= 0.3 is 0 Å². The third-order valence-corrected chi connectivity index (χ3v) is 4.98. The number of aryl methyl sites for hydroxylation is 1. The second-order valence-electron chi connectivity index (χ2n) is 7.21. The summed E-state index contributed by atoms with van der Waals surface area (Å²) >= 11 is 0. The molecule has 8 nitrogen and oxygen atoms in total. The van der Waals surface area contributed by atoms with Crippen LogP contribution in [0.5, 0.6) is 0 Å². The number of para-hydroxylation sites is 2. The van der Waals surface area contributed by atoms with Gasteiger partial charge in [0.25, 0.3) is 11.6 Å². The van der Waals surface area contributed by atoms with Crippen LogP contribution in [0.2, 0.25) is 0 Å². The van der Waals surface area contributed by atoms with E-state index in [4.69, 9.17) is 0 Å². The molecule has 1 aliphatic heterocycles. The summed E-state index contributed by atoms with van der Waals surface area (Å²) in [6.07, 6.45) is 1.49. The van der Waals surface area contributed by atoms with Crippen LogP contribution in [0, 0.1) is 17.0 Å². The van der Waals surface area contributed by atoms with Crippen molar-refractivity contribution in [2.45, 2.75) is 25.8 Å². The number of likely N-dealkylation sites (tertiary alicyclic amines) is 1. The molecule has 1 aliphatic rings. The Labute approximate surface area is 169 Å². The second kappa shape index (κ2) is 9.29. The lowest BCUT2D eigenvalue weighted by molar-refractivity contribution is -0.383. The summed E-state index contributed by atoms with van der Waals surface area (Å²) in [6.45, 7) is 3.47. The molecule has 0 aliphatic carbocycles. The van der Waals surface area contributed by atoms with Crippen LogP contribution in [0.4, 0.5) is 11.4 Å². The number of benzene rings is 2. The minimum absolute atomic E-state index is 0.0679. The van der Waals surface area contributed by atoms with E-state index in [1.165, 1.54) is 12.1 Å². The number of carbonyl (C=O) groups excluding carboxylic acids is 2. The van der Waals surface area contributed by atoms with Gasteiger partial charge in [0, 0.05) is 30.8 Å². The smallest absolute Gasteiger partial charge is 0.292 e. The van der Waals surface area contributed by atoms with Crippen LogP contribution in [-0.2, 0) is 4.79 Å². The zero-order chi connectivity index (χ0) is 20.8. The van der Waals surface area contributed by atoms with Gasteiger partial charge in [0.2, 0.25) is 5.91 Å². The topological polar surface area (TPSA) is 105 Å². The van der Waals surface area contributed by atoms with Crippen molar-refractivity contribution in [3.63, 3.8) is 0 Å². The van der Waals surface area contributed by atoms with Gasteiger partial charge in [0.15, 0.2) is 0 Å². The van der Waals surface area contributed by atoms with E-state index < -0.39 is 4.92 Å². The van der Waals surface area contributed by atoms with Crippen molar-refractivity contribution in [2.24, 2.45) is 0 Å². The fourth-order valence-corrected chi connectivity index (χ4v) is 3.34. The molecule has 2 amide bonds. The van der Waals surface area contributed by atoms with Crippen molar-refractivity contribution >= 4 is 23.2 Å². The molecule has 1 fully saturated rings. The second-order valence-corrected chi connectivity index (χ2v) is 7.21. The Bertz CT molecular complexity index is 890. The largest absolute Gasteiger partial charge is 0.349 e. The first-order valence-corrected chi connectivity index (χ1v) is 9.55. The number of amides is 2. The van der Waals surface area contributed by atoms with Crippen LogP contribution in [0.3, 0.4) is 0 Å². The first-order valence-electron chi connectivity index (χ1n) is 9.55. The lowest BCUT2D eigenvalue weighted by Crippen LogP contribution is -2.46. The number of piperidine rings is 1. The third-order valence-electron chi connectivity index (χ3n) is 4.98. The molecule has 2 aromatic rings. The molecule has 8 heteroatoms. The first-order chi connectivity index (χ1) is 13.9. The molecule has 0 atom stereocenters. The molecule has 29 heavy (non-hydrogen) atoms. The Morgan fingerprint density at radius 3 is 2.41 bits per heavy atom. The molecule has 2 aromatic carbocycles. The Morgan fingerprint density at radius 2 is 1.76 bits per heavy atom. The summed E-state index contributed by atoms with van der Waals surface area (Å²) in [5.74, 6) is -0.376. The van der Waals surface area contributed by atoms with E-state index in [9.17, 15) is 19.7 Å². The maximum Gasteiger partial charge on any atom is 0.292 e. The first kappa shape index (κ1) is 20.5. The normalized spacial score (nSPS) is 14.9. The number of hydrogen-bond donors (Lipinski definition) is 2. The lowest BCUT2D eigenvalue weighted by Gasteiger charge is -2.31. The highest BCUT2D eigenvalue weighted by molar-refractivity contribution is 5.95. The highest BCUT2D eigenvalue weighted by Crippen LogP contribution is 2.23. The maximum atomic E-state index is 12.3. The van der Waals surface area contributed by atoms with Gasteiger partial charge in [-0.3, -0.25) is 24.6 Å². The molecule has 0 aromatic heterocycles. The zero-order valence-corrected chi connectivity index (χ0v) is 16.3. The van der Waals surface area contributed by atoms with Gasteiger partial charge in [-0.05, 0) is 38.0 Å². The summed E-state index contributed by atoms with van der Waals surface area (Å²) in [5, 5.41) is 16.7. The fraction of sp³-hybridized carbons (Fsp3) is 0.333. The molecule has 3 rings (SSSR count). The molecule has 2 N–H and O–H groups in total. The zero-order valence-electron chi connectivity index (χ0n) is 16.3. The highest BCUT2D eigenvalue weighted by Gasteiger charge is 2.23. The fourth-order valence-electron chi connectivity index (χ4n) is 3.34. The van der Waals surface area contributed by atoms with Crippen molar-refractivity contribution in [3.8, 4) is 0 Å². The summed E-state index contributed by atoms with van der Waals surface area (Å²) in [4.78, 5) is 37.1. The molecular weight excluding hydrogens is 372 g/mol. The Balaban J connectivity index is 1.46. The van der Waals surface area contributed by atoms with Crippen LogP contribution in [0.25, 0.3) is 0 Å². The van der Waals surface area contributed by atoms with Crippen LogP contribution >= 0.6 is 0 Å². The minimum Gasteiger partial charge on any atom is -0.349 e. The predicted molar refractivity (Wildman–Crippen MR) is 110 cm³/mol. The van der Waals surface area contributed by atoms with Gasteiger partial charge < -0.3 is 10.6 Å². The average Bonchev–Trinajstić information content (AvgIpc) is 2.70. The summed E-state index contributed by atoms with van der Waals surface area (Å²) in [5.41, 5.74) is 1.82. The van der Waals surface area contributed by atoms with Crippen LogP contribution in [0.1, 0.15) is 28.8 Å². The van der Waals surface area contributed by atoms with Crippen LogP contribution in [-0.4, -0.2) is 47.3 Å². The molecule has 0 saturated carbocycles. The van der Waals surface area contributed by atoms with Gasteiger partial charge in [0.1, 0.15) is 5.69 Å². The van der Waals surface area contributed by atoms with Crippen molar-refractivity contribution in [1.82, 2.24) is 10.2 Å². The number of nitrogens with zero attached hydrogens (tertiary/aromatic N) is 2. The quantitative estimate of drug-likeness (QED) is 0.577. The molecule has 1 saturated heterocycles. The van der Waals surface area contributed by atoms with Gasteiger partial charge in [-0.2, -0.15) is 0 Å². The molecular formula is C21H24N4O4. The standard InChI is InChI=1S/C21H24N4O4/c1-15-6-8-16(9-7-15)21(27)22-17-10-12-24(13-11-17)14-20(26)23-18-4-2-3-5-19(18)25(28)29/h2-9,17H,10-14H2,1H3,(H,22,27)(H,23,26). The monoisotopic (exact) mass is 396 g/mol. The molecule has 0 radical (unpaired) electrons. The molecule has 0 unspecified atom stereocenters. The predicted octanol–water partition coefficient (Wildman–Crippen LogP) is 2.74. The summed E-state index contributed by atoms with van der Waals surface area (Å²) in [6, 6.07) is 13.6. The van der Waals surface area contributed by atoms with Crippen molar-refractivity contribution in [2.75, 3.05) is 25.0 Å². The third kappa shape index (κ3) is 5.61. The van der Waals surface area contributed by atoms with Gasteiger partial charge in [0.05, 0.1) is 11.5 Å². The van der Waals surface area contributed by atoms with Gasteiger partial charge in [-0.15, -0.1) is 0 Å². The van der Waals surface area contributed by atoms with E-state index in [1.54, 1.807) is 12.1 Å². The number of anilines is 1. The molecule has 0 spiro atoms. The van der Waals surface area contributed by atoms with Gasteiger partial charge in [-0.25, -0.2) is 0 Å². The van der Waals surface area contributed by atoms with E-state index in [-0.39, 0.29) is 35.8 Å². The summed E-state index contributed by atoms with van der Waals surface area (Å²) < 4.78 is 0. The van der Waals surface area contributed by atoms with E-state index >= 15 is 0 Å². The molecule has 0 bridgehead atoms. The average molecular weight is 396 g/mol. The van der Waals surface area contributed by atoms with Crippen molar-refractivity contribution in [3.05, 3.63) is 69.8 Å². The lowest BCUT2D eigenvalue weighted by atomic mass is 10.0. The van der Waals surface area contributed by atoms with Gasteiger partial charge in [-0.1, -0.05) is 29.8 Å². The van der Waals surface area contributed by atoms with Crippen LogP contribution in [0.15, 0.2) is 48.5 Å². The highest BCUT2D eigenvalue weighted by atomic mass is 16.6. The summed E-state index contributed by atoms with van der Waals surface area (Å²) in [7, 11) is 0. The van der Waals surface area contributed by atoms with Crippen molar-refractivity contribution < 1.29 is 14.5 Å². The Hall–Kier alpha value is -3.26. The number of nitro groups is 1. The van der Waals surface area contributed by atoms with Crippen molar-refractivity contribution in [1.29, 1.82) is 0 Å². The van der Waals surface area contributed by atoms with E-state index in [0.29, 0.717) is 18.7 Å². The van der Waals surface area contributed by atoms with Crippen LogP contribution < -0.4 is 10.6 Å². The molecule has 152 valence electrons. The SMILES string of the molecule is Cc1ccc(C(=O)NC2CCN(CC(=O)Nc3ccccc3[N+](=O)[O-])CC2)cc1. The Morgan fingerprint density at radius 1 is 1.10 bits per heavy atom. The van der Waals surface area contributed by atoms with E-state index in [2.05, 4.69) is 10.6 Å². The number of hydrogen-bond acceptors (Lipinski definition) is 5. The number of rotatable bonds is 6. The molecule has 1 heterocycles. The number of carbonyl (C=O) groups is 2. The number of nitro benzene ring substituents is 1. The number of nitrogens with one attached hydrogen (secondary N) is 2. The Kier molecular flexibility index (Phi) is 6.56.